The van der Waals surface area contributed by atoms with E-state index in [4.69, 9.17) is 0 Å². The van der Waals surface area contributed by atoms with Crippen LogP contribution in [0.4, 0.5) is 0 Å². The van der Waals surface area contributed by atoms with Crippen LogP contribution in [0.5, 0.6) is 0 Å². The second kappa shape index (κ2) is 15.9. The van der Waals surface area contributed by atoms with Crippen molar-refractivity contribution in [3.05, 3.63) is 0 Å². The number of rotatable bonds is 0. The molecule has 0 N–H and O–H groups in total. The molecule has 0 spiro atoms. The van der Waals surface area contributed by atoms with Crippen molar-refractivity contribution >= 4 is 37.2 Å². The van der Waals surface area contributed by atoms with Gasteiger partial charge in [-0.3, -0.25) is 0 Å². The Bertz CT molecular complexity index is 8.00. The molecule has 0 aliphatic heterocycles. The van der Waals surface area contributed by atoms with Gasteiger partial charge in [-0.05, 0) is 0 Å². The van der Waals surface area contributed by atoms with E-state index < -0.39 is 0 Å². The van der Waals surface area contributed by atoms with E-state index in [9.17, 15) is 0 Å². The van der Waals surface area contributed by atoms with Crippen LogP contribution in [0, 0.1) is 76.8 Å². The fourth-order valence-corrected chi connectivity index (χ4v) is 0. The van der Waals surface area contributed by atoms with Crippen molar-refractivity contribution < 1.29 is 76.8 Å². The van der Waals surface area contributed by atoms with Crippen molar-refractivity contribution in [3.63, 3.8) is 0 Å². The molecule has 0 aliphatic carbocycles. The molecule has 0 rings (SSSR count). The van der Waals surface area contributed by atoms with Crippen molar-refractivity contribution in [2.75, 3.05) is 0 Å². The predicted molar refractivity (Wildman–Crippen MR) is 19.9 cm³/mol. The van der Waals surface area contributed by atoms with Gasteiger partial charge in [0.05, 0.1) is 0 Å². The average Bonchev–Trinajstić information content (AvgIpc) is 0. The zero-order chi connectivity index (χ0) is 0. The van der Waals surface area contributed by atoms with Crippen LogP contribution < -0.4 is 0 Å². The summed E-state index contributed by atoms with van der Waals surface area (Å²) in [5.74, 6) is 0. The van der Waals surface area contributed by atoms with Crippen molar-refractivity contribution in [3.8, 4) is 0 Å². The van der Waals surface area contributed by atoms with Gasteiger partial charge in [0.2, 0.25) is 0 Å². The van der Waals surface area contributed by atoms with Crippen LogP contribution in [0.15, 0.2) is 0 Å². The molecule has 0 fully saturated rings. The first-order valence-corrected chi connectivity index (χ1v) is 0. The van der Waals surface area contributed by atoms with Crippen LogP contribution >= 0.6 is 0 Å². The van der Waals surface area contributed by atoms with E-state index in [1.807, 2.05) is 0 Å². The van der Waals surface area contributed by atoms with E-state index in [-0.39, 0.29) is 114 Å². The number of hydrogen-bond donors (Lipinski definition) is 0. The van der Waals surface area contributed by atoms with E-state index >= 15 is 0 Å². The van der Waals surface area contributed by atoms with Gasteiger partial charge >= 0.3 is 19.8 Å². The molecule has 0 aromatic rings. The Balaban J connectivity index is 0. The summed E-state index contributed by atoms with van der Waals surface area (Å²) in [4.78, 5) is 0. The van der Waals surface area contributed by atoms with E-state index in [1.165, 1.54) is 0 Å². The van der Waals surface area contributed by atoms with Crippen molar-refractivity contribution in [2.24, 2.45) is 0 Å². The first-order valence-electron chi connectivity index (χ1n) is 0. The molecule has 35 valence electrons. The molecule has 0 aromatic carbocycles. The quantitative estimate of drug-likeness (QED) is 0.374. The molecule has 1 radical (unpaired) electrons. The summed E-state index contributed by atoms with van der Waals surface area (Å²) in [6, 6.07) is 0. The first kappa shape index (κ1) is 25.2. The molecule has 0 heterocycles. The molecule has 0 aromatic heterocycles. The molecule has 4 heteroatoms. The van der Waals surface area contributed by atoms with Gasteiger partial charge in [-0.2, -0.15) is 0 Å². The van der Waals surface area contributed by atoms with Gasteiger partial charge in [0, 0.05) is 76.8 Å². The second-order valence-corrected chi connectivity index (χ2v) is 0. The Hall–Kier alpha value is 3.73. The van der Waals surface area contributed by atoms with Gasteiger partial charge < -0.3 is 0 Å². The van der Waals surface area contributed by atoms with Crippen LogP contribution in [0.3, 0.4) is 0 Å². The fourth-order valence-electron chi connectivity index (χ4n) is 0. The van der Waals surface area contributed by atoms with Crippen molar-refractivity contribution in [2.45, 2.75) is 0 Å². The van der Waals surface area contributed by atoms with E-state index in [0.29, 0.717) is 0 Å². The van der Waals surface area contributed by atoms with Crippen molar-refractivity contribution in [1.29, 1.82) is 0 Å². The topological polar surface area (TPSA) is 0 Å². The molecule has 0 amide bonds. The molecule has 0 aliphatic rings. The van der Waals surface area contributed by atoms with Gasteiger partial charge in [-0.15, -0.1) is 0 Å². The van der Waals surface area contributed by atoms with E-state index in [2.05, 4.69) is 0 Å². The van der Waals surface area contributed by atoms with Gasteiger partial charge in [-0.25, -0.2) is 0 Å². The second-order valence-electron chi connectivity index (χ2n) is 0. The fraction of sp³-hybridized carbons (Fsp3) is 0. The summed E-state index contributed by atoms with van der Waals surface area (Å²) < 4.78 is 0. The van der Waals surface area contributed by atoms with Crippen molar-refractivity contribution in [1.82, 2.24) is 0 Å². The first-order chi connectivity index (χ1) is 0. The molecular formula is H6AlGaGdLu. The summed E-state index contributed by atoms with van der Waals surface area (Å²) in [6.45, 7) is 0. The molecule has 4 heavy (non-hydrogen) atoms. The minimum atomic E-state index is 0. The van der Waals surface area contributed by atoms with E-state index in [1.54, 1.807) is 0 Å². The smallest absolute Gasteiger partial charge is 0 e. The Morgan fingerprint density at radius 2 is 1.00 bits per heavy atom. The molecule has 0 saturated carbocycles. The van der Waals surface area contributed by atoms with Gasteiger partial charge in [0.25, 0.3) is 0 Å². The van der Waals surface area contributed by atoms with Crippen LogP contribution in [0.2, 0.25) is 0 Å². The Morgan fingerprint density at radius 1 is 1.00 bits per heavy atom. The third kappa shape index (κ3) is 9.21. The van der Waals surface area contributed by atoms with Crippen LogP contribution in [-0.2, 0) is 0 Å². The molecule has 0 unspecified atom stereocenters. The van der Waals surface area contributed by atoms with E-state index in [0.717, 1.165) is 0 Å². The molecular weight excluding hydrogens is 429 g/mol. The predicted octanol–water partition coefficient (Wildman–Crippen LogP) is -2.37. The monoisotopic (exact) mass is 435 g/mol. The minimum absolute atomic E-state index is 0. The third-order valence-electron chi connectivity index (χ3n) is 0. The van der Waals surface area contributed by atoms with Gasteiger partial charge in [-0.1, -0.05) is 0 Å². The molecule has 0 bridgehead atoms. The standard InChI is InChI=1S/Al.Ga.Gd.Lu.6H. The summed E-state index contributed by atoms with van der Waals surface area (Å²) in [5, 5.41) is 0. The molecule has 0 saturated heterocycles. The average molecular weight is 435 g/mol. The summed E-state index contributed by atoms with van der Waals surface area (Å²) in [7, 11) is 0. The Morgan fingerprint density at radius 3 is 1.00 bits per heavy atom. The molecule has 0 atom stereocenters. The van der Waals surface area contributed by atoms with Crippen LogP contribution in [0.1, 0.15) is 0 Å². The Kier molecular flexibility index (Phi) is 100.0. The summed E-state index contributed by atoms with van der Waals surface area (Å²) in [6.07, 6.45) is 0. The third-order valence-corrected chi connectivity index (χ3v) is 0. The van der Waals surface area contributed by atoms with Crippen LogP contribution in [-0.4, -0.2) is 37.2 Å². The SMILES string of the molecule is [AlH3].[GaH3].[Gd].[Lu]. The molecule has 0 nitrogen and oxygen atoms in total. The summed E-state index contributed by atoms with van der Waals surface area (Å²) >= 11 is 0. The van der Waals surface area contributed by atoms with Gasteiger partial charge in [0.15, 0.2) is 17.4 Å². The maximum absolute atomic E-state index is 0. The number of hydrogen-bond acceptors (Lipinski definition) is 0. The van der Waals surface area contributed by atoms with Crippen LogP contribution in [0.25, 0.3) is 0 Å². The van der Waals surface area contributed by atoms with Gasteiger partial charge in [0.1, 0.15) is 0 Å². The normalized spacial score (nSPS) is 0. The minimum Gasteiger partial charge on any atom is 0 e. The summed E-state index contributed by atoms with van der Waals surface area (Å²) in [5.41, 5.74) is 0. The Labute approximate surface area is 111 Å². The largest absolute Gasteiger partial charge is 0 e. The maximum Gasteiger partial charge on any atom is 0 e. The zero-order valence-corrected chi connectivity index (χ0v) is 4.54. The zero-order valence-electron chi connectivity index (χ0n) is 0.612. The maximum atomic E-state index is 0.